The third kappa shape index (κ3) is 3.75. The van der Waals surface area contributed by atoms with Gasteiger partial charge in [-0.3, -0.25) is 4.90 Å². The van der Waals surface area contributed by atoms with Gasteiger partial charge >= 0.3 is 0 Å². The number of nitrogens with zero attached hydrogens (tertiary/aromatic N) is 1. The van der Waals surface area contributed by atoms with Crippen molar-refractivity contribution in [1.29, 1.82) is 0 Å². The van der Waals surface area contributed by atoms with E-state index in [0.717, 1.165) is 31.1 Å². The quantitative estimate of drug-likeness (QED) is 0.905. The molecule has 0 aliphatic carbocycles. The fourth-order valence-corrected chi connectivity index (χ4v) is 3.25. The van der Waals surface area contributed by atoms with Gasteiger partial charge in [0.15, 0.2) is 0 Å². The molecule has 0 aromatic heterocycles. The molecule has 1 aliphatic rings. The summed E-state index contributed by atoms with van der Waals surface area (Å²) in [5, 5.41) is 4.57. The number of hydrogen-bond acceptors (Lipinski definition) is 2. The maximum atomic E-state index is 6.11. The number of benzene rings is 1. The number of nitrogens with one attached hydrogen (secondary N) is 1. The highest BCUT2D eigenvalue weighted by molar-refractivity contribution is 6.30. The smallest absolute Gasteiger partial charge is 0.0409 e. The summed E-state index contributed by atoms with van der Waals surface area (Å²) >= 11 is 6.11. The van der Waals surface area contributed by atoms with E-state index in [0.29, 0.717) is 12.0 Å². The Hall–Kier alpha value is -0.570. The van der Waals surface area contributed by atoms with Crippen LogP contribution in [0.25, 0.3) is 0 Å². The zero-order valence-electron chi connectivity index (χ0n) is 13.1. The van der Waals surface area contributed by atoms with Gasteiger partial charge < -0.3 is 5.32 Å². The molecule has 0 bridgehead atoms. The third-order valence-corrected chi connectivity index (χ3v) is 4.82. The summed E-state index contributed by atoms with van der Waals surface area (Å²) in [5.74, 6) is 0.656. The van der Waals surface area contributed by atoms with Crippen molar-refractivity contribution >= 4 is 11.6 Å². The van der Waals surface area contributed by atoms with Gasteiger partial charge in [-0.25, -0.2) is 0 Å². The molecule has 1 saturated heterocycles. The first-order valence-corrected chi connectivity index (χ1v) is 8.05. The van der Waals surface area contributed by atoms with Crippen LogP contribution in [-0.4, -0.2) is 29.6 Å². The number of hydrogen-bond donors (Lipinski definition) is 1. The Labute approximate surface area is 128 Å². The number of halogens is 1. The second-order valence-electron chi connectivity index (χ2n) is 6.64. The first kappa shape index (κ1) is 15.8. The van der Waals surface area contributed by atoms with Crippen molar-refractivity contribution in [2.75, 3.05) is 13.1 Å². The van der Waals surface area contributed by atoms with E-state index in [2.05, 4.69) is 50.0 Å². The predicted octanol–water partition coefficient (Wildman–Crippen LogP) is 3.94. The summed E-state index contributed by atoms with van der Waals surface area (Å²) < 4.78 is 0. The van der Waals surface area contributed by atoms with Crippen molar-refractivity contribution in [3.05, 3.63) is 34.9 Å². The van der Waals surface area contributed by atoms with E-state index in [4.69, 9.17) is 11.6 Å². The Balaban J connectivity index is 2.15. The van der Waals surface area contributed by atoms with Crippen LogP contribution in [0.3, 0.4) is 0 Å². The van der Waals surface area contributed by atoms with Gasteiger partial charge in [0.2, 0.25) is 0 Å². The van der Waals surface area contributed by atoms with Crippen LogP contribution in [0.1, 0.15) is 39.7 Å². The minimum Gasteiger partial charge on any atom is -0.309 e. The highest BCUT2D eigenvalue weighted by Gasteiger charge is 2.35. The molecule has 1 aromatic carbocycles. The zero-order valence-corrected chi connectivity index (χ0v) is 13.9. The summed E-state index contributed by atoms with van der Waals surface area (Å²) in [6.07, 6.45) is 1.16. The molecule has 3 heteroatoms. The van der Waals surface area contributed by atoms with Gasteiger partial charge in [-0.05, 0) is 37.0 Å². The van der Waals surface area contributed by atoms with Crippen LogP contribution in [0.15, 0.2) is 24.3 Å². The molecule has 2 rings (SSSR count). The van der Waals surface area contributed by atoms with Crippen molar-refractivity contribution in [2.24, 2.45) is 5.92 Å². The van der Waals surface area contributed by atoms with Gasteiger partial charge in [0.1, 0.15) is 0 Å². The van der Waals surface area contributed by atoms with Crippen molar-refractivity contribution in [3.63, 3.8) is 0 Å². The molecular weight excluding hydrogens is 268 g/mol. The van der Waals surface area contributed by atoms with Gasteiger partial charge in [0.25, 0.3) is 0 Å². The Kier molecular flexibility index (Phi) is 5.11. The zero-order chi connectivity index (χ0) is 14.8. The van der Waals surface area contributed by atoms with Gasteiger partial charge in [0.05, 0.1) is 0 Å². The first-order valence-electron chi connectivity index (χ1n) is 7.67. The lowest BCUT2D eigenvalue weighted by Crippen LogP contribution is -2.63. The molecule has 0 amide bonds. The Bertz CT molecular complexity index is 446. The lowest BCUT2D eigenvalue weighted by atomic mass is 9.89. The van der Waals surface area contributed by atoms with E-state index in [-0.39, 0.29) is 5.54 Å². The Morgan fingerprint density at radius 3 is 2.80 bits per heavy atom. The van der Waals surface area contributed by atoms with Crippen LogP contribution in [0.5, 0.6) is 0 Å². The highest BCUT2D eigenvalue weighted by atomic mass is 35.5. The monoisotopic (exact) mass is 294 g/mol. The summed E-state index contributed by atoms with van der Waals surface area (Å²) in [4.78, 5) is 2.62. The largest absolute Gasteiger partial charge is 0.309 e. The standard InChI is InChI=1S/C17H27ClN2/c1-5-17(4)12-20(16(10-19-17)13(2)3)11-14-7-6-8-15(18)9-14/h6-9,13,16,19H,5,10-12H2,1-4H3. The van der Waals surface area contributed by atoms with Crippen LogP contribution in [0.4, 0.5) is 0 Å². The first-order chi connectivity index (χ1) is 9.43. The average Bonchev–Trinajstić information content (AvgIpc) is 2.38. The SMILES string of the molecule is CCC1(C)CN(Cc2cccc(Cl)c2)C(C(C)C)CN1. The van der Waals surface area contributed by atoms with Crippen molar-refractivity contribution in [2.45, 2.75) is 52.2 Å². The molecule has 0 spiro atoms. The van der Waals surface area contributed by atoms with Crippen LogP contribution in [0.2, 0.25) is 5.02 Å². The van der Waals surface area contributed by atoms with E-state index >= 15 is 0 Å². The molecule has 20 heavy (non-hydrogen) atoms. The summed E-state index contributed by atoms with van der Waals surface area (Å²) in [7, 11) is 0. The summed E-state index contributed by atoms with van der Waals surface area (Å²) in [5.41, 5.74) is 1.53. The molecule has 1 heterocycles. The Morgan fingerprint density at radius 1 is 1.45 bits per heavy atom. The molecular formula is C17H27ClN2. The van der Waals surface area contributed by atoms with E-state index in [9.17, 15) is 0 Å². The molecule has 1 N–H and O–H groups in total. The maximum absolute atomic E-state index is 6.11. The molecule has 2 atom stereocenters. The van der Waals surface area contributed by atoms with Crippen molar-refractivity contribution in [1.82, 2.24) is 10.2 Å². The van der Waals surface area contributed by atoms with Gasteiger partial charge in [-0.2, -0.15) is 0 Å². The molecule has 2 nitrogen and oxygen atoms in total. The minimum absolute atomic E-state index is 0.226. The van der Waals surface area contributed by atoms with Crippen LogP contribution in [-0.2, 0) is 6.54 Å². The van der Waals surface area contributed by atoms with Crippen molar-refractivity contribution < 1.29 is 0 Å². The second-order valence-corrected chi connectivity index (χ2v) is 7.08. The molecule has 1 aromatic rings. The van der Waals surface area contributed by atoms with Gasteiger partial charge in [-0.15, -0.1) is 0 Å². The molecule has 1 fully saturated rings. The fourth-order valence-electron chi connectivity index (χ4n) is 3.04. The van der Waals surface area contributed by atoms with Crippen LogP contribution in [0, 0.1) is 5.92 Å². The van der Waals surface area contributed by atoms with Gasteiger partial charge in [0, 0.05) is 36.2 Å². The number of rotatable bonds is 4. The lowest BCUT2D eigenvalue weighted by Gasteiger charge is -2.47. The molecule has 1 aliphatic heterocycles. The van der Waals surface area contributed by atoms with Gasteiger partial charge in [-0.1, -0.05) is 44.5 Å². The van der Waals surface area contributed by atoms with E-state index in [1.165, 1.54) is 5.56 Å². The van der Waals surface area contributed by atoms with Crippen LogP contribution >= 0.6 is 11.6 Å². The number of piperazine rings is 1. The Morgan fingerprint density at radius 2 is 2.20 bits per heavy atom. The molecule has 2 unspecified atom stereocenters. The predicted molar refractivity (Wildman–Crippen MR) is 87.2 cm³/mol. The lowest BCUT2D eigenvalue weighted by molar-refractivity contribution is 0.0539. The summed E-state index contributed by atoms with van der Waals surface area (Å²) in [6.45, 7) is 12.4. The maximum Gasteiger partial charge on any atom is 0.0409 e. The summed E-state index contributed by atoms with van der Waals surface area (Å²) in [6, 6.07) is 8.84. The topological polar surface area (TPSA) is 15.3 Å². The van der Waals surface area contributed by atoms with E-state index in [1.54, 1.807) is 0 Å². The normalized spacial score (nSPS) is 28.0. The third-order valence-electron chi connectivity index (χ3n) is 4.58. The molecule has 0 saturated carbocycles. The minimum atomic E-state index is 0.226. The van der Waals surface area contributed by atoms with Crippen LogP contribution < -0.4 is 5.32 Å². The van der Waals surface area contributed by atoms with E-state index < -0.39 is 0 Å². The second kappa shape index (κ2) is 6.46. The molecule has 0 radical (unpaired) electrons. The fraction of sp³-hybridized carbons (Fsp3) is 0.647. The molecule has 112 valence electrons. The highest BCUT2D eigenvalue weighted by Crippen LogP contribution is 2.25. The van der Waals surface area contributed by atoms with E-state index in [1.807, 2.05) is 12.1 Å². The average molecular weight is 295 g/mol. The van der Waals surface area contributed by atoms with Crippen molar-refractivity contribution in [3.8, 4) is 0 Å².